The number of aromatic nitrogens is 4. The molecule has 0 aliphatic carbocycles. The van der Waals surface area contributed by atoms with Gasteiger partial charge in [-0.05, 0) is 24.3 Å². The smallest absolute Gasteiger partial charge is 0.247 e. The predicted molar refractivity (Wildman–Crippen MR) is 135 cm³/mol. The van der Waals surface area contributed by atoms with E-state index in [4.69, 9.17) is 9.47 Å². The maximum absolute atomic E-state index is 15.3. The average Bonchev–Trinajstić information content (AvgIpc) is 3.41. The molecule has 0 radical (unpaired) electrons. The van der Waals surface area contributed by atoms with Crippen molar-refractivity contribution in [3.63, 3.8) is 0 Å². The van der Waals surface area contributed by atoms with Crippen LogP contribution in [-0.4, -0.2) is 39.5 Å². The van der Waals surface area contributed by atoms with Gasteiger partial charge in [0.25, 0.3) is 0 Å². The Morgan fingerprint density at radius 3 is 2.41 bits per heavy atom. The van der Waals surface area contributed by atoms with Gasteiger partial charge in [0.2, 0.25) is 11.9 Å². The lowest BCUT2D eigenvalue weighted by Crippen LogP contribution is -2.09. The number of ether oxygens (including phenoxy) is 2. The second-order valence-electron chi connectivity index (χ2n) is 7.80. The summed E-state index contributed by atoms with van der Waals surface area (Å²) in [5, 5.41) is 6.30. The molecule has 0 unspecified atom stereocenters. The number of carbonyl (C=O) groups excluding carboxylic acids is 1. The number of imidazole rings is 1. The largest absolute Gasteiger partial charge is 0.494 e. The second-order valence-corrected chi connectivity index (χ2v) is 7.80. The van der Waals surface area contributed by atoms with Crippen LogP contribution in [0.25, 0.3) is 27.8 Å². The fourth-order valence-electron chi connectivity index (χ4n) is 3.94. The van der Waals surface area contributed by atoms with Crippen LogP contribution in [0.2, 0.25) is 0 Å². The first-order valence-electron chi connectivity index (χ1n) is 11.0. The molecule has 0 aliphatic heterocycles. The van der Waals surface area contributed by atoms with E-state index in [-0.39, 0.29) is 40.1 Å². The van der Waals surface area contributed by atoms with Gasteiger partial charge in [0.05, 0.1) is 31.2 Å². The Morgan fingerprint density at radius 2 is 1.73 bits per heavy atom. The SMILES string of the molecule is C=CC(=O)Nc1ccccc1Nc1ncc2cc(-c3c(F)c(OC)cc(OC)c3F)c3nccn3c2n1. The molecule has 186 valence electrons. The van der Waals surface area contributed by atoms with Crippen LogP contribution in [0.15, 0.2) is 67.6 Å². The van der Waals surface area contributed by atoms with Crippen molar-refractivity contribution in [2.75, 3.05) is 24.9 Å². The lowest BCUT2D eigenvalue weighted by molar-refractivity contribution is -0.111. The van der Waals surface area contributed by atoms with E-state index in [1.54, 1.807) is 40.9 Å². The zero-order valence-electron chi connectivity index (χ0n) is 19.8. The number of hydrogen-bond donors (Lipinski definition) is 2. The van der Waals surface area contributed by atoms with Crippen LogP contribution in [0.4, 0.5) is 26.1 Å². The number of benzene rings is 2. The van der Waals surface area contributed by atoms with Crippen molar-refractivity contribution in [1.29, 1.82) is 0 Å². The highest BCUT2D eigenvalue weighted by molar-refractivity contribution is 6.01. The molecule has 0 fully saturated rings. The standard InChI is InChI=1S/C26H20F2N6O3/c1-4-20(35)31-16-7-5-6-8-17(16)32-26-30-13-14-11-15(25-29-9-10-34(25)24(14)33-26)21-22(27)18(36-2)12-19(37-3)23(21)28/h4-13H,1H2,2-3H3,(H,31,35)(H,30,32,33). The van der Waals surface area contributed by atoms with E-state index in [1.807, 2.05) is 0 Å². The minimum Gasteiger partial charge on any atom is -0.494 e. The van der Waals surface area contributed by atoms with Crippen LogP contribution in [0.1, 0.15) is 0 Å². The number of amides is 1. The summed E-state index contributed by atoms with van der Waals surface area (Å²) in [5.41, 5.74) is 1.61. The van der Waals surface area contributed by atoms with E-state index in [9.17, 15) is 4.79 Å². The number of anilines is 3. The van der Waals surface area contributed by atoms with Crippen molar-refractivity contribution in [3.05, 3.63) is 79.3 Å². The first-order valence-corrected chi connectivity index (χ1v) is 11.0. The molecule has 3 heterocycles. The molecule has 0 spiro atoms. The highest BCUT2D eigenvalue weighted by Gasteiger charge is 2.25. The Morgan fingerprint density at radius 1 is 1.03 bits per heavy atom. The van der Waals surface area contributed by atoms with Gasteiger partial charge < -0.3 is 20.1 Å². The molecule has 9 nitrogen and oxygen atoms in total. The van der Waals surface area contributed by atoms with Crippen LogP contribution in [0, 0.1) is 11.6 Å². The van der Waals surface area contributed by atoms with Crippen LogP contribution in [0.3, 0.4) is 0 Å². The molecule has 11 heteroatoms. The summed E-state index contributed by atoms with van der Waals surface area (Å²) in [6.45, 7) is 3.46. The van der Waals surface area contributed by atoms with Crippen LogP contribution in [0.5, 0.6) is 11.5 Å². The van der Waals surface area contributed by atoms with Gasteiger partial charge in [-0.3, -0.25) is 9.20 Å². The number of halogens is 2. The summed E-state index contributed by atoms with van der Waals surface area (Å²) < 4.78 is 42.4. The Kier molecular flexibility index (Phi) is 6.10. The highest BCUT2D eigenvalue weighted by Crippen LogP contribution is 2.40. The molecule has 0 saturated heterocycles. The minimum absolute atomic E-state index is 0.170. The van der Waals surface area contributed by atoms with Gasteiger partial charge in [-0.15, -0.1) is 0 Å². The molecule has 2 aromatic carbocycles. The highest BCUT2D eigenvalue weighted by atomic mass is 19.1. The quantitative estimate of drug-likeness (QED) is 0.298. The summed E-state index contributed by atoms with van der Waals surface area (Å²) in [4.78, 5) is 25.1. The van der Waals surface area contributed by atoms with Gasteiger partial charge in [-0.25, -0.2) is 18.7 Å². The molecule has 3 aromatic heterocycles. The van der Waals surface area contributed by atoms with Crippen molar-refractivity contribution in [3.8, 4) is 22.6 Å². The molecule has 0 atom stereocenters. The van der Waals surface area contributed by atoms with E-state index in [1.165, 1.54) is 32.7 Å². The molecule has 37 heavy (non-hydrogen) atoms. The molecule has 5 rings (SSSR count). The molecule has 0 bridgehead atoms. The Bertz CT molecular complexity index is 1660. The third kappa shape index (κ3) is 4.16. The van der Waals surface area contributed by atoms with E-state index in [0.717, 1.165) is 6.07 Å². The number of nitrogens with one attached hydrogen (secondary N) is 2. The van der Waals surface area contributed by atoms with Crippen LogP contribution >= 0.6 is 0 Å². The number of nitrogens with zero attached hydrogens (tertiary/aromatic N) is 4. The van der Waals surface area contributed by atoms with E-state index >= 15 is 8.78 Å². The molecule has 1 amide bonds. The van der Waals surface area contributed by atoms with Crippen molar-refractivity contribution in [1.82, 2.24) is 19.4 Å². The number of pyridine rings is 1. The van der Waals surface area contributed by atoms with Crippen molar-refractivity contribution >= 4 is 39.9 Å². The molecular formula is C26H20F2N6O3. The molecule has 0 saturated carbocycles. The number of rotatable bonds is 7. The molecule has 5 aromatic rings. The molecule has 0 aliphatic rings. The number of fused-ring (bicyclic) bond motifs is 3. The first-order chi connectivity index (χ1) is 17.9. The average molecular weight is 502 g/mol. The van der Waals surface area contributed by atoms with Crippen molar-refractivity contribution in [2.45, 2.75) is 0 Å². The van der Waals surface area contributed by atoms with Crippen molar-refractivity contribution in [2.24, 2.45) is 0 Å². The summed E-state index contributed by atoms with van der Waals surface area (Å²) in [7, 11) is 2.57. The maximum Gasteiger partial charge on any atom is 0.247 e. The topological polar surface area (TPSA) is 103 Å². The zero-order valence-corrected chi connectivity index (χ0v) is 19.8. The molecule has 2 N–H and O–H groups in total. The maximum atomic E-state index is 15.3. The van der Waals surface area contributed by atoms with Crippen LogP contribution in [-0.2, 0) is 4.79 Å². The van der Waals surface area contributed by atoms with Gasteiger partial charge in [0.15, 0.2) is 28.8 Å². The van der Waals surface area contributed by atoms with Crippen LogP contribution < -0.4 is 20.1 Å². The predicted octanol–water partition coefficient (Wildman–Crippen LogP) is 5.11. The summed E-state index contributed by atoms with van der Waals surface area (Å²) >= 11 is 0. The van der Waals surface area contributed by atoms with E-state index in [0.29, 0.717) is 22.4 Å². The van der Waals surface area contributed by atoms with E-state index < -0.39 is 11.6 Å². The monoisotopic (exact) mass is 502 g/mol. The first kappa shape index (κ1) is 23.7. The lowest BCUT2D eigenvalue weighted by Gasteiger charge is -2.15. The minimum atomic E-state index is -0.887. The summed E-state index contributed by atoms with van der Waals surface area (Å²) in [6.07, 6.45) is 5.82. The second kappa shape index (κ2) is 9.53. The fraction of sp³-hybridized carbons (Fsp3) is 0.0769. The van der Waals surface area contributed by atoms with Gasteiger partial charge in [0, 0.05) is 35.6 Å². The number of hydrogen-bond acceptors (Lipinski definition) is 7. The zero-order chi connectivity index (χ0) is 26.1. The Balaban J connectivity index is 1.64. The normalized spacial score (nSPS) is 10.9. The van der Waals surface area contributed by atoms with E-state index in [2.05, 4.69) is 32.2 Å². The summed E-state index contributed by atoms with van der Waals surface area (Å²) in [5.74, 6) is -2.25. The van der Waals surface area contributed by atoms with Gasteiger partial charge in [-0.2, -0.15) is 4.98 Å². The number of methoxy groups -OCH3 is 2. The number of carbonyl (C=O) groups is 1. The summed E-state index contributed by atoms with van der Waals surface area (Å²) in [6, 6.07) is 9.74. The number of para-hydroxylation sites is 2. The van der Waals surface area contributed by atoms with Gasteiger partial charge >= 0.3 is 0 Å². The molecular weight excluding hydrogens is 482 g/mol. The van der Waals surface area contributed by atoms with Gasteiger partial charge in [-0.1, -0.05) is 18.7 Å². The Hall–Kier alpha value is -5.06. The Labute approximate surface area is 209 Å². The third-order valence-corrected chi connectivity index (χ3v) is 5.67. The van der Waals surface area contributed by atoms with Crippen molar-refractivity contribution < 1.29 is 23.0 Å². The lowest BCUT2D eigenvalue weighted by atomic mass is 10.0. The fourth-order valence-corrected chi connectivity index (χ4v) is 3.94. The third-order valence-electron chi connectivity index (χ3n) is 5.67. The van der Waals surface area contributed by atoms with Gasteiger partial charge in [0.1, 0.15) is 5.65 Å².